The number of thioether (sulfide) groups is 1. The highest BCUT2D eigenvalue weighted by Gasteiger charge is 2.34. The first-order chi connectivity index (χ1) is 17.7. The number of hydrogen-bond acceptors (Lipinski definition) is 6. The fourth-order valence-corrected chi connectivity index (χ4v) is 5.67. The van der Waals surface area contributed by atoms with Crippen LogP contribution in [-0.4, -0.2) is 27.8 Å². The molecule has 2 amide bonds. The van der Waals surface area contributed by atoms with Crippen LogP contribution in [0, 0.1) is 0 Å². The molecule has 3 aromatic rings. The molecule has 0 bridgehead atoms. The Hall–Kier alpha value is -2.37. The Kier molecular flexibility index (Phi) is 9.31. The van der Waals surface area contributed by atoms with Crippen LogP contribution in [0.5, 0.6) is 11.5 Å². The van der Waals surface area contributed by atoms with Gasteiger partial charge in [-0.25, -0.2) is 0 Å². The van der Waals surface area contributed by atoms with Crippen molar-refractivity contribution in [3.8, 4) is 11.5 Å². The lowest BCUT2D eigenvalue weighted by Crippen LogP contribution is -2.44. The van der Waals surface area contributed by atoms with Crippen molar-refractivity contribution in [1.29, 1.82) is 0 Å². The molecule has 6 nitrogen and oxygen atoms in total. The van der Waals surface area contributed by atoms with Crippen LogP contribution in [0.3, 0.4) is 0 Å². The number of nitrogens with one attached hydrogen (secondary N) is 1. The number of hydrazine groups is 1. The second kappa shape index (κ2) is 12.4. The van der Waals surface area contributed by atoms with Gasteiger partial charge < -0.3 is 9.47 Å². The van der Waals surface area contributed by atoms with Crippen molar-refractivity contribution in [3.05, 3.63) is 96.2 Å². The van der Waals surface area contributed by atoms with Gasteiger partial charge >= 0.3 is 0 Å². The van der Waals surface area contributed by atoms with E-state index < -0.39 is 11.8 Å². The summed E-state index contributed by atoms with van der Waals surface area (Å²) < 4.78 is 13.7. The maximum atomic E-state index is 13.0. The third-order valence-electron chi connectivity index (χ3n) is 5.02. The molecule has 1 heterocycles. The first-order valence-electron chi connectivity index (χ1n) is 10.9. The number of benzene rings is 3. The van der Waals surface area contributed by atoms with Crippen molar-refractivity contribution in [1.82, 2.24) is 10.4 Å². The Bertz CT molecular complexity index is 1400. The molecule has 37 heavy (non-hydrogen) atoms. The zero-order valence-electron chi connectivity index (χ0n) is 19.3. The van der Waals surface area contributed by atoms with Crippen molar-refractivity contribution in [2.45, 2.75) is 13.5 Å². The lowest BCUT2D eigenvalue weighted by molar-refractivity contribution is -0.123. The smallest absolute Gasteiger partial charge is 0.285 e. The second-order valence-corrected chi connectivity index (χ2v) is 11.5. The summed E-state index contributed by atoms with van der Waals surface area (Å²) in [4.78, 5) is 26.0. The number of halogens is 3. The number of carbonyl (C=O) groups is 2. The van der Waals surface area contributed by atoms with Gasteiger partial charge in [0.05, 0.1) is 16.0 Å². The van der Waals surface area contributed by atoms with Crippen LogP contribution in [0.2, 0.25) is 5.02 Å². The molecule has 0 saturated carbocycles. The van der Waals surface area contributed by atoms with Gasteiger partial charge in [0.1, 0.15) is 6.61 Å². The molecule has 0 spiro atoms. The van der Waals surface area contributed by atoms with Crippen molar-refractivity contribution < 1.29 is 19.1 Å². The van der Waals surface area contributed by atoms with Crippen LogP contribution < -0.4 is 14.9 Å². The first kappa shape index (κ1) is 27.7. The molecule has 3 aromatic carbocycles. The van der Waals surface area contributed by atoms with E-state index >= 15 is 0 Å². The minimum Gasteiger partial charge on any atom is -0.490 e. The number of rotatable bonds is 8. The van der Waals surface area contributed by atoms with Gasteiger partial charge in [0.25, 0.3) is 11.8 Å². The van der Waals surface area contributed by atoms with Gasteiger partial charge in [0, 0.05) is 15.1 Å². The largest absolute Gasteiger partial charge is 0.490 e. The van der Waals surface area contributed by atoms with Gasteiger partial charge in [0.15, 0.2) is 15.8 Å². The zero-order valence-corrected chi connectivity index (χ0v) is 24.9. The van der Waals surface area contributed by atoms with Gasteiger partial charge in [0.2, 0.25) is 0 Å². The molecular formula is C26H19Br2ClN2O4S2. The number of carbonyl (C=O) groups excluding carboxylic acids is 2. The van der Waals surface area contributed by atoms with Gasteiger partial charge in [-0.2, -0.15) is 5.01 Å². The molecule has 1 N–H and O–H groups in total. The average molecular weight is 683 g/mol. The second-order valence-electron chi connectivity index (χ2n) is 7.65. The van der Waals surface area contributed by atoms with Crippen molar-refractivity contribution in [3.63, 3.8) is 0 Å². The van der Waals surface area contributed by atoms with Gasteiger partial charge in [-0.05, 0) is 101 Å². The maximum absolute atomic E-state index is 13.0. The Morgan fingerprint density at radius 1 is 1.14 bits per heavy atom. The van der Waals surface area contributed by atoms with E-state index in [1.54, 1.807) is 36.4 Å². The zero-order chi connectivity index (χ0) is 26.5. The summed E-state index contributed by atoms with van der Waals surface area (Å²) in [5, 5.41) is 1.57. The number of thiocarbonyl (C=S) groups is 1. The molecule has 0 aliphatic carbocycles. The van der Waals surface area contributed by atoms with E-state index in [1.165, 1.54) is 0 Å². The molecule has 1 saturated heterocycles. The molecular weight excluding hydrogens is 664 g/mol. The van der Waals surface area contributed by atoms with Crippen LogP contribution in [0.15, 0.2) is 74.5 Å². The van der Waals surface area contributed by atoms with Crippen molar-refractivity contribution >= 4 is 89.7 Å². The molecule has 4 rings (SSSR count). The molecule has 190 valence electrons. The van der Waals surface area contributed by atoms with Gasteiger partial charge in [-0.15, -0.1) is 0 Å². The Balaban J connectivity index is 1.53. The normalized spacial score (nSPS) is 14.3. The van der Waals surface area contributed by atoms with E-state index in [-0.39, 0.29) is 4.32 Å². The Morgan fingerprint density at radius 3 is 2.59 bits per heavy atom. The highest BCUT2D eigenvalue weighted by molar-refractivity contribution is 9.10. The number of hydrogen-bond donors (Lipinski definition) is 1. The third-order valence-corrected chi connectivity index (χ3v) is 7.65. The summed E-state index contributed by atoms with van der Waals surface area (Å²) in [6.45, 7) is 2.67. The fourth-order valence-electron chi connectivity index (χ4n) is 3.34. The third kappa shape index (κ3) is 6.94. The summed E-state index contributed by atoms with van der Waals surface area (Å²) in [5.74, 6) is 0.190. The predicted molar refractivity (Wildman–Crippen MR) is 158 cm³/mol. The van der Waals surface area contributed by atoms with Crippen LogP contribution >= 0.6 is 67.4 Å². The standard InChI is InChI=1S/C26H19Br2ClN2O4S2/c1-2-34-21-12-16(11-20(28)23(21)35-14-15-4-3-5-18(27)10-15)13-22-25(33)31(26(36)37-22)30-24(32)17-6-8-19(29)9-7-17/h3-13H,2,14H2,1H3,(H,30,32)/b22-13+. The van der Waals surface area contributed by atoms with Crippen LogP contribution in [-0.2, 0) is 11.4 Å². The molecule has 0 radical (unpaired) electrons. The number of amides is 2. The summed E-state index contributed by atoms with van der Waals surface area (Å²) in [7, 11) is 0. The summed E-state index contributed by atoms with van der Waals surface area (Å²) in [6.07, 6.45) is 1.69. The average Bonchev–Trinajstić information content (AvgIpc) is 3.11. The first-order valence-corrected chi connectivity index (χ1v) is 14.1. The predicted octanol–water partition coefficient (Wildman–Crippen LogP) is 7.39. The van der Waals surface area contributed by atoms with Crippen molar-refractivity contribution in [2.24, 2.45) is 0 Å². The molecule has 1 aliphatic rings. The number of ether oxygens (including phenoxy) is 2. The van der Waals surface area contributed by atoms with E-state index in [0.29, 0.717) is 50.2 Å². The van der Waals surface area contributed by atoms with Crippen LogP contribution in [0.25, 0.3) is 6.08 Å². The van der Waals surface area contributed by atoms with Crippen LogP contribution in [0.1, 0.15) is 28.4 Å². The topological polar surface area (TPSA) is 67.9 Å². The lowest BCUT2D eigenvalue weighted by atomic mass is 10.1. The molecule has 0 atom stereocenters. The van der Waals surface area contributed by atoms with Crippen LogP contribution in [0.4, 0.5) is 0 Å². The molecule has 0 aromatic heterocycles. The molecule has 1 fully saturated rings. The van der Waals surface area contributed by atoms with Crippen molar-refractivity contribution in [2.75, 3.05) is 6.61 Å². The van der Waals surface area contributed by atoms with E-state index in [2.05, 4.69) is 37.3 Å². The minimum atomic E-state index is -0.470. The Labute approximate surface area is 245 Å². The minimum absolute atomic E-state index is 0.219. The van der Waals surface area contributed by atoms with E-state index in [1.807, 2.05) is 37.3 Å². The summed E-state index contributed by atoms with van der Waals surface area (Å²) in [6, 6.07) is 17.8. The molecule has 11 heteroatoms. The number of nitrogens with zero attached hydrogens (tertiary/aromatic N) is 1. The van der Waals surface area contributed by atoms with E-state index in [0.717, 1.165) is 26.8 Å². The lowest BCUT2D eigenvalue weighted by Gasteiger charge is -2.16. The van der Waals surface area contributed by atoms with Gasteiger partial charge in [-0.3, -0.25) is 15.0 Å². The SMILES string of the molecule is CCOc1cc(/C=C2/SC(=S)N(NC(=O)c3ccc(Cl)cc3)C2=O)cc(Br)c1OCc1cccc(Br)c1. The fraction of sp³-hybridized carbons (Fsp3) is 0.115. The highest BCUT2D eigenvalue weighted by atomic mass is 79.9. The van der Waals surface area contributed by atoms with E-state index in [9.17, 15) is 9.59 Å². The monoisotopic (exact) mass is 680 g/mol. The molecule has 1 aliphatic heterocycles. The van der Waals surface area contributed by atoms with E-state index in [4.69, 9.17) is 33.3 Å². The summed E-state index contributed by atoms with van der Waals surface area (Å²) >= 11 is 19.4. The highest BCUT2D eigenvalue weighted by Crippen LogP contribution is 2.39. The summed E-state index contributed by atoms with van der Waals surface area (Å²) in [5.41, 5.74) is 4.61. The Morgan fingerprint density at radius 2 is 1.89 bits per heavy atom. The van der Waals surface area contributed by atoms with Gasteiger partial charge in [-0.1, -0.05) is 51.4 Å². The molecule has 0 unspecified atom stereocenters. The quantitative estimate of drug-likeness (QED) is 0.198. The maximum Gasteiger partial charge on any atom is 0.285 e.